The number of hydrogen-bond acceptors (Lipinski definition) is 3. The van der Waals surface area contributed by atoms with E-state index in [1.165, 1.54) is 25.1 Å². The number of rotatable bonds is 1. The molecule has 2 aliphatic heterocycles. The van der Waals surface area contributed by atoms with E-state index >= 15 is 0 Å². The highest BCUT2D eigenvalue weighted by Crippen LogP contribution is 2.29. The van der Waals surface area contributed by atoms with Crippen LogP contribution in [0.1, 0.15) is 26.2 Å². The molecule has 1 saturated heterocycles. The second kappa shape index (κ2) is 3.66. The van der Waals surface area contributed by atoms with Gasteiger partial charge in [-0.1, -0.05) is 6.92 Å². The zero-order chi connectivity index (χ0) is 9.15. The van der Waals surface area contributed by atoms with E-state index in [9.17, 15) is 0 Å². The van der Waals surface area contributed by atoms with Gasteiger partial charge in [0.15, 0.2) is 0 Å². The van der Waals surface area contributed by atoms with Gasteiger partial charge in [0, 0.05) is 18.5 Å². The molecule has 2 heterocycles. The number of amidine groups is 1. The average molecular weight is 181 g/mol. The normalized spacial score (nSPS) is 27.6. The fourth-order valence-corrected chi connectivity index (χ4v) is 2.15. The first-order valence-electron chi connectivity index (χ1n) is 5.31. The molecule has 0 aliphatic carbocycles. The quantitative estimate of drug-likeness (QED) is 0.627. The molecule has 2 aliphatic rings. The van der Waals surface area contributed by atoms with Crippen molar-refractivity contribution in [3.63, 3.8) is 0 Å². The maximum Gasteiger partial charge on any atom is 0.102 e. The van der Waals surface area contributed by atoms with Gasteiger partial charge in [0.1, 0.15) is 5.84 Å². The molecule has 0 radical (unpaired) electrons. The van der Waals surface area contributed by atoms with Crippen molar-refractivity contribution in [2.24, 2.45) is 10.4 Å². The first-order valence-corrected chi connectivity index (χ1v) is 5.31. The van der Waals surface area contributed by atoms with E-state index in [2.05, 4.69) is 22.5 Å². The number of nitrogens with zero attached hydrogens (tertiary/aromatic N) is 1. The van der Waals surface area contributed by atoms with Crippen LogP contribution in [-0.4, -0.2) is 32.0 Å². The molecule has 13 heavy (non-hydrogen) atoms. The summed E-state index contributed by atoms with van der Waals surface area (Å²) in [6.07, 6.45) is 3.63. The van der Waals surface area contributed by atoms with Gasteiger partial charge >= 0.3 is 0 Å². The van der Waals surface area contributed by atoms with Gasteiger partial charge in [0.2, 0.25) is 0 Å². The Morgan fingerprint density at radius 3 is 2.62 bits per heavy atom. The summed E-state index contributed by atoms with van der Waals surface area (Å²) in [6.45, 7) is 6.74. The molecule has 0 aromatic rings. The molecular weight excluding hydrogens is 162 g/mol. The van der Waals surface area contributed by atoms with Gasteiger partial charge in [-0.2, -0.15) is 0 Å². The lowest BCUT2D eigenvalue weighted by Crippen LogP contribution is -2.47. The van der Waals surface area contributed by atoms with Crippen LogP contribution in [0.25, 0.3) is 0 Å². The Kier molecular flexibility index (Phi) is 2.54. The predicted octanol–water partition coefficient (Wildman–Crippen LogP) is 0.768. The molecule has 3 heteroatoms. The van der Waals surface area contributed by atoms with E-state index in [1.807, 2.05) is 0 Å². The fraction of sp³-hybridized carbons (Fsp3) is 0.900. The predicted molar refractivity (Wildman–Crippen MR) is 55.1 cm³/mol. The van der Waals surface area contributed by atoms with Gasteiger partial charge in [0.05, 0.1) is 0 Å². The van der Waals surface area contributed by atoms with Crippen LogP contribution in [0, 0.1) is 5.41 Å². The van der Waals surface area contributed by atoms with Crippen molar-refractivity contribution in [2.75, 3.05) is 26.2 Å². The molecule has 0 unspecified atom stereocenters. The maximum absolute atomic E-state index is 4.60. The maximum atomic E-state index is 4.60. The van der Waals surface area contributed by atoms with E-state index in [0.29, 0.717) is 5.41 Å². The molecule has 0 amide bonds. The lowest BCUT2D eigenvalue weighted by Gasteiger charge is -2.36. The van der Waals surface area contributed by atoms with Gasteiger partial charge in [-0.3, -0.25) is 4.99 Å². The zero-order valence-electron chi connectivity index (χ0n) is 8.40. The summed E-state index contributed by atoms with van der Waals surface area (Å²) in [6, 6.07) is 0. The Morgan fingerprint density at radius 2 is 2.00 bits per heavy atom. The minimum absolute atomic E-state index is 0.325. The first kappa shape index (κ1) is 9.00. The summed E-state index contributed by atoms with van der Waals surface area (Å²) < 4.78 is 0. The summed E-state index contributed by atoms with van der Waals surface area (Å²) >= 11 is 0. The Labute approximate surface area is 80.0 Å². The van der Waals surface area contributed by atoms with E-state index in [1.54, 1.807) is 0 Å². The summed E-state index contributed by atoms with van der Waals surface area (Å²) in [5, 5.41) is 6.85. The smallest absolute Gasteiger partial charge is 0.102 e. The largest absolute Gasteiger partial charge is 0.373 e. The molecule has 0 aromatic heterocycles. The van der Waals surface area contributed by atoms with E-state index in [0.717, 1.165) is 26.2 Å². The number of hydrogen-bond donors (Lipinski definition) is 2. The topological polar surface area (TPSA) is 36.4 Å². The zero-order valence-corrected chi connectivity index (χ0v) is 8.40. The molecule has 2 N–H and O–H groups in total. The monoisotopic (exact) mass is 181 g/mol. The Balaban J connectivity index is 2.07. The number of nitrogens with one attached hydrogen (secondary N) is 2. The third-order valence-electron chi connectivity index (χ3n) is 3.18. The lowest BCUT2D eigenvalue weighted by atomic mass is 9.79. The van der Waals surface area contributed by atoms with Crippen LogP contribution in [0.15, 0.2) is 4.99 Å². The van der Waals surface area contributed by atoms with Crippen LogP contribution in [0.5, 0.6) is 0 Å². The van der Waals surface area contributed by atoms with Gasteiger partial charge in [-0.05, 0) is 32.4 Å². The van der Waals surface area contributed by atoms with Crippen LogP contribution in [0.2, 0.25) is 0 Å². The van der Waals surface area contributed by atoms with Crippen molar-refractivity contribution in [3.05, 3.63) is 0 Å². The summed E-state index contributed by atoms with van der Waals surface area (Å²) in [7, 11) is 0. The van der Waals surface area contributed by atoms with Crippen molar-refractivity contribution in [1.29, 1.82) is 0 Å². The van der Waals surface area contributed by atoms with Crippen LogP contribution in [0.3, 0.4) is 0 Å². The molecule has 74 valence electrons. The van der Waals surface area contributed by atoms with Crippen LogP contribution in [-0.2, 0) is 0 Å². The third-order valence-corrected chi connectivity index (χ3v) is 3.18. The average Bonchev–Trinajstić information content (AvgIpc) is 2.20. The molecule has 0 aromatic carbocycles. The van der Waals surface area contributed by atoms with Gasteiger partial charge in [-0.15, -0.1) is 0 Å². The van der Waals surface area contributed by atoms with Gasteiger partial charge in [0.25, 0.3) is 0 Å². The molecule has 1 fully saturated rings. The summed E-state index contributed by atoms with van der Waals surface area (Å²) in [5.74, 6) is 1.26. The number of aliphatic imine (C=N–C) groups is 1. The molecule has 0 atom stereocenters. The lowest BCUT2D eigenvalue weighted by molar-refractivity contribution is 0.317. The van der Waals surface area contributed by atoms with Crippen molar-refractivity contribution >= 4 is 5.84 Å². The molecular formula is C10H19N3. The Bertz CT molecular complexity index is 204. The Morgan fingerprint density at radius 1 is 1.23 bits per heavy atom. The number of piperidine rings is 1. The standard InChI is InChI=1S/C10H19N3/c1-10(3-7-11-8-4-10)9-12-5-2-6-13-9/h11H,2-8H2,1H3,(H,12,13). The minimum Gasteiger partial charge on any atom is -0.373 e. The van der Waals surface area contributed by atoms with Crippen molar-refractivity contribution < 1.29 is 0 Å². The fourth-order valence-electron chi connectivity index (χ4n) is 2.15. The van der Waals surface area contributed by atoms with Crippen LogP contribution < -0.4 is 10.6 Å². The highest BCUT2D eigenvalue weighted by molar-refractivity contribution is 5.88. The first-order chi connectivity index (χ1) is 6.31. The van der Waals surface area contributed by atoms with Crippen LogP contribution in [0.4, 0.5) is 0 Å². The van der Waals surface area contributed by atoms with Crippen molar-refractivity contribution in [1.82, 2.24) is 10.6 Å². The molecule has 2 rings (SSSR count). The SMILES string of the molecule is CC1(C2=NCCCN2)CCNCC1. The summed E-state index contributed by atoms with van der Waals surface area (Å²) in [5.41, 5.74) is 0.325. The van der Waals surface area contributed by atoms with Crippen molar-refractivity contribution in [2.45, 2.75) is 26.2 Å². The second-order valence-electron chi connectivity index (χ2n) is 4.32. The van der Waals surface area contributed by atoms with E-state index in [4.69, 9.17) is 0 Å². The van der Waals surface area contributed by atoms with Crippen LogP contribution >= 0.6 is 0 Å². The Hall–Kier alpha value is -0.570. The highest BCUT2D eigenvalue weighted by Gasteiger charge is 2.32. The highest BCUT2D eigenvalue weighted by atomic mass is 15.0. The third kappa shape index (κ3) is 1.85. The molecule has 0 spiro atoms. The minimum atomic E-state index is 0.325. The molecule has 0 bridgehead atoms. The second-order valence-corrected chi connectivity index (χ2v) is 4.32. The van der Waals surface area contributed by atoms with Gasteiger partial charge in [-0.25, -0.2) is 0 Å². The van der Waals surface area contributed by atoms with Crippen molar-refractivity contribution in [3.8, 4) is 0 Å². The van der Waals surface area contributed by atoms with E-state index < -0.39 is 0 Å². The summed E-state index contributed by atoms with van der Waals surface area (Å²) in [4.78, 5) is 4.60. The molecule has 0 saturated carbocycles. The van der Waals surface area contributed by atoms with E-state index in [-0.39, 0.29) is 0 Å². The molecule has 3 nitrogen and oxygen atoms in total. The van der Waals surface area contributed by atoms with Gasteiger partial charge < -0.3 is 10.6 Å².